The van der Waals surface area contributed by atoms with Crippen LogP contribution in [0.3, 0.4) is 0 Å². The van der Waals surface area contributed by atoms with Gasteiger partial charge in [0.05, 0.1) is 17.6 Å². The molecule has 0 spiro atoms. The molecule has 2 fully saturated rings. The number of sulfonamides is 1. The summed E-state index contributed by atoms with van der Waals surface area (Å²) in [4.78, 5) is 14.6. The summed E-state index contributed by atoms with van der Waals surface area (Å²) < 4.78 is 32.2. The highest BCUT2D eigenvalue weighted by Gasteiger charge is 2.35. The molecule has 1 aromatic carbocycles. The van der Waals surface area contributed by atoms with Crippen LogP contribution < -0.4 is 5.32 Å². The molecule has 0 bridgehead atoms. The molecule has 9 heteroatoms. The minimum absolute atomic E-state index is 0. The standard InChI is InChI=1S/C16H23N3O4S.ClH/c1-13-15(17-7-12-23-13)16(20)18-8-10-19(11-9-18)24(21,22)14-5-3-2-4-6-14;/h2-6,13,15,17H,7-12H2,1H3;1H/t13-,15+;/m1./s1. The van der Waals surface area contributed by atoms with Crippen LogP contribution in [-0.4, -0.2) is 75.0 Å². The average Bonchev–Trinajstić information content (AvgIpc) is 2.62. The van der Waals surface area contributed by atoms with Crippen LogP contribution in [-0.2, 0) is 19.6 Å². The third-order valence-electron chi connectivity index (χ3n) is 4.51. The van der Waals surface area contributed by atoms with E-state index in [0.29, 0.717) is 44.2 Å². The Morgan fingerprint density at radius 1 is 1.16 bits per heavy atom. The molecule has 0 radical (unpaired) electrons. The molecule has 0 unspecified atom stereocenters. The maximum absolute atomic E-state index is 12.6. The lowest BCUT2D eigenvalue weighted by atomic mass is 10.1. The summed E-state index contributed by atoms with van der Waals surface area (Å²) in [6.45, 7) is 4.56. The minimum atomic E-state index is -3.49. The Morgan fingerprint density at radius 3 is 2.40 bits per heavy atom. The van der Waals surface area contributed by atoms with Crippen LogP contribution in [0.2, 0.25) is 0 Å². The Hall–Kier alpha value is -1.19. The van der Waals surface area contributed by atoms with E-state index < -0.39 is 10.0 Å². The van der Waals surface area contributed by atoms with Crippen molar-refractivity contribution >= 4 is 28.3 Å². The number of hydrogen-bond acceptors (Lipinski definition) is 5. The molecule has 2 atom stereocenters. The van der Waals surface area contributed by atoms with Crippen LogP contribution in [0.15, 0.2) is 35.2 Å². The molecule has 2 saturated heterocycles. The fourth-order valence-electron chi connectivity index (χ4n) is 3.10. The summed E-state index contributed by atoms with van der Waals surface area (Å²) in [5.74, 6) is -0.0149. The lowest BCUT2D eigenvalue weighted by molar-refractivity contribution is -0.140. The quantitative estimate of drug-likeness (QED) is 0.805. The van der Waals surface area contributed by atoms with Gasteiger partial charge in [-0.05, 0) is 19.1 Å². The third-order valence-corrected chi connectivity index (χ3v) is 6.43. The molecule has 1 N–H and O–H groups in total. The van der Waals surface area contributed by atoms with Gasteiger partial charge in [-0.1, -0.05) is 18.2 Å². The van der Waals surface area contributed by atoms with Crippen molar-refractivity contribution in [3.05, 3.63) is 30.3 Å². The molecule has 140 valence electrons. The van der Waals surface area contributed by atoms with E-state index in [-0.39, 0.29) is 30.5 Å². The topological polar surface area (TPSA) is 79.0 Å². The summed E-state index contributed by atoms with van der Waals surface area (Å²) in [5, 5.41) is 3.19. The number of morpholine rings is 1. The number of hydrogen-bond donors (Lipinski definition) is 1. The molecule has 1 amide bonds. The molecular formula is C16H24ClN3O4S. The number of benzene rings is 1. The first-order chi connectivity index (χ1) is 11.5. The van der Waals surface area contributed by atoms with E-state index in [1.165, 1.54) is 4.31 Å². The molecule has 3 rings (SSSR count). The Bertz CT molecular complexity index is 678. The lowest BCUT2D eigenvalue weighted by Gasteiger charge is -2.38. The summed E-state index contributed by atoms with van der Waals surface area (Å²) in [6, 6.07) is 8.05. The second-order valence-electron chi connectivity index (χ2n) is 6.05. The summed E-state index contributed by atoms with van der Waals surface area (Å²) >= 11 is 0. The van der Waals surface area contributed by atoms with E-state index in [1.807, 2.05) is 6.92 Å². The van der Waals surface area contributed by atoms with Crippen molar-refractivity contribution in [3.8, 4) is 0 Å². The molecule has 0 saturated carbocycles. The van der Waals surface area contributed by atoms with Gasteiger partial charge < -0.3 is 15.0 Å². The number of nitrogens with zero attached hydrogens (tertiary/aromatic N) is 2. The molecule has 2 aliphatic rings. The second-order valence-corrected chi connectivity index (χ2v) is 7.99. The van der Waals surface area contributed by atoms with Gasteiger partial charge in [0.15, 0.2) is 0 Å². The number of ether oxygens (including phenoxy) is 1. The number of halogens is 1. The van der Waals surface area contributed by atoms with E-state index in [2.05, 4.69) is 5.32 Å². The molecule has 0 aliphatic carbocycles. The normalized spacial score (nSPS) is 25.2. The SMILES string of the molecule is C[C@H]1OCCN[C@@H]1C(=O)N1CCN(S(=O)(=O)c2ccccc2)CC1.Cl. The zero-order chi connectivity index (χ0) is 17.2. The zero-order valence-electron chi connectivity index (χ0n) is 14.1. The third kappa shape index (κ3) is 4.32. The van der Waals surface area contributed by atoms with Crippen molar-refractivity contribution in [2.45, 2.75) is 24.0 Å². The van der Waals surface area contributed by atoms with Gasteiger partial charge in [-0.25, -0.2) is 8.42 Å². The average molecular weight is 390 g/mol. The fourth-order valence-corrected chi connectivity index (χ4v) is 4.54. The van der Waals surface area contributed by atoms with Crippen molar-refractivity contribution in [1.29, 1.82) is 0 Å². The first-order valence-corrected chi connectivity index (χ1v) is 9.63. The van der Waals surface area contributed by atoms with E-state index in [9.17, 15) is 13.2 Å². The van der Waals surface area contributed by atoms with Crippen LogP contribution in [0, 0.1) is 0 Å². The van der Waals surface area contributed by atoms with Crippen molar-refractivity contribution in [2.24, 2.45) is 0 Å². The van der Waals surface area contributed by atoms with Crippen LogP contribution in [0.1, 0.15) is 6.92 Å². The molecule has 7 nitrogen and oxygen atoms in total. The predicted octanol–water partition coefficient (Wildman–Crippen LogP) is 0.318. The molecule has 2 heterocycles. The van der Waals surface area contributed by atoms with Crippen molar-refractivity contribution in [3.63, 3.8) is 0 Å². The highest BCUT2D eigenvalue weighted by atomic mass is 35.5. The van der Waals surface area contributed by atoms with Crippen LogP contribution >= 0.6 is 12.4 Å². The Morgan fingerprint density at radius 2 is 1.80 bits per heavy atom. The maximum Gasteiger partial charge on any atom is 0.243 e. The van der Waals surface area contributed by atoms with Gasteiger partial charge >= 0.3 is 0 Å². The molecule has 25 heavy (non-hydrogen) atoms. The van der Waals surface area contributed by atoms with Crippen molar-refractivity contribution in [2.75, 3.05) is 39.3 Å². The first-order valence-electron chi connectivity index (χ1n) is 8.19. The molecule has 0 aromatic heterocycles. The summed E-state index contributed by atoms with van der Waals surface area (Å²) in [7, 11) is -3.49. The number of carbonyl (C=O) groups is 1. The number of carbonyl (C=O) groups excluding carboxylic acids is 1. The Labute approximate surface area is 154 Å². The van der Waals surface area contributed by atoms with Crippen LogP contribution in [0.4, 0.5) is 0 Å². The predicted molar refractivity (Wildman–Crippen MR) is 96.2 cm³/mol. The summed E-state index contributed by atoms with van der Waals surface area (Å²) in [6.07, 6.45) is -0.169. The Balaban J connectivity index is 0.00000225. The van der Waals surface area contributed by atoms with Gasteiger partial charge in [0.2, 0.25) is 15.9 Å². The van der Waals surface area contributed by atoms with Crippen LogP contribution in [0.5, 0.6) is 0 Å². The number of piperazine rings is 1. The molecule has 1 aromatic rings. The zero-order valence-corrected chi connectivity index (χ0v) is 15.8. The largest absolute Gasteiger partial charge is 0.375 e. The van der Waals surface area contributed by atoms with Gasteiger partial charge in [-0.3, -0.25) is 4.79 Å². The second kappa shape index (κ2) is 8.46. The number of nitrogens with one attached hydrogen (secondary N) is 1. The fraction of sp³-hybridized carbons (Fsp3) is 0.562. The van der Waals surface area contributed by atoms with E-state index in [0.717, 1.165) is 0 Å². The number of amides is 1. The minimum Gasteiger partial charge on any atom is -0.375 e. The van der Waals surface area contributed by atoms with Crippen molar-refractivity contribution < 1.29 is 17.9 Å². The highest BCUT2D eigenvalue weighted by molar-refractivity contribution is 7.89. The van der Waals surface area contributed by atoms with E-state index >= 15 is 0 Å². The van der Waals surface area contributed by atoms with E-state index in [1.54, 1.807) is 35.2 Å². The smallest absolute Gasteiger partial charge is 0.243 e. The highest BCUT2D eigenvalue weighted by Crippen LogP contribution is 2.18. The monoisotopic (exact) mass is 389 g/mol. The van der Waals surface area contributed by atoms with Crippen molar-refractivity contribution in [1.82, 2.24) is 14.5 Å². The first kappa shape index (κ1) is 20.1. The Kier molecular flexibility index (Phi) is 6.81. The van der Waals surface area contributed by atoms with Gasteiger partial charge in [0.25, 0.3) is 0 Å². The van der Waals surface area contributed by atoms with Gasteiger partial charge in [0, 0.05) is 32.7 Å². The van der Waals surface area contributed by atoms with Gasteiger partial charge in [-0.2, -0.15) is 4.31 Å². The molecular weight excluding hydrogens is 366 g/mol. The number of rotatable bonds is 3. The van der Waals surface area contributed by atoms with Gasteiger partial charge in [-0.15, -0.1) is 12.4 Å². The lowest BCUT2D eigenvalue weighted by Crippen LogP contribution is -2.60. The van der Waals surface area contributed by atoms with E-state index in [4.69, 9.17) is 4.74 Å². The van der Waals surface area contributed by atoms with Gasteiger partial charge in [0.1, 0.15) is 6.04 Å². The molecule has 2 aliphatic heterocycles. The maximum atomic E-state index is 12.6. The summed E-state index contributed by atoms with van der Waals surface area (Å²) in [5.41, 5.74) is 0. The van der Waals surface area contributed by atoms with Crippen LogP contribution in [0.25, 0.3) is 0 Å².